The maximum absolute atomic E-state index is 12.7. The van der Waals surface area contributed by atoms with E-state index >= 15 is 0 Å². The smallest absolute Gasteiger partial charge is 0.256 e. The molecule has 0 saturated heterocycles. The molecule has 0 radical (unpaired) electrons. The van der Waals surface area contributed by atoms with Crippen LogP contribution in [0.4, 0.5) is 5.69 Å². The van der Waals surface area contributed by atoms with Gasteiger partial charge in [0.25, 0.3) is 5.91 Å². The van der Waals surface area contributed by atoms with E-state index in [2.05, 4.69) is 15.4 Å². The van der Waals surface area contributed by atoms with Crippen LogP contribution in [0.15, 0.2) is 30.3 Å². The third-order valence-corrected chi connectivity index (χ3v) is 3.73. The lowest BCUT2D eigenvalue weighted by atomic mass is 10.1. The van der Waals surface area contributed by atoms with Gasteiger partial charge in [0.1, 0.15) is 0 Å². The van der Waals surface area contributed by atoms with Crippen LogP contribution in [0.1, 0.15) is 27.3 Å². The van der Waals surface area contributed by atoms with E-state index in [-0.39, 0.29) is 5.91 Å². The topological polar surface area (TPSA) is 59.8 Å². The van der Waals surface area contributed by atoms with Crippen molar-refractivity contribution >= 4 is 22.6 Å². The summed E-state index contributed by atoms with van der Waals surface area (Å²) in [5.74, 6) is -0.138. The number of hydrogen-bond acceptors (Lipinski definition) is 3. The van der Waals surface area contributed by atoms with Crippen LogP contribution in [0.25, 0.3) is 11.0 Å². The van der Waals surface area contributed by atoms with E-state index < -0.39 is 0 Å². The van der Waals surface area contributed by atoms with Crippen LogP contribution in [0.3, 0.4) is 0 Å². The number of anilines is 1. The number of aryl methyl sites for hydroxylation is 4. The van der Waals surface area contributed by atoms with E-state index in [1.165, 1.54) is 0 Å². The molecule has 0 aliphatic rings. The Kier molecular flexibility index (Phi) is 3.41. The van der Waals surface area contributed by atoms with Gasteiger partial charge in [0.2, 0.25) is 0 Å². The number of hydrogen-bond donors (Lipinski definition) is 1. The highest BCUT2D eigenvalue weighted by molar-refractivity contribution is 6.12. The third kappa shape index (κ3) is 2.35. The van der Waals surface area contributed by atoms with E-state index in [9.17, 15) is 4.79 Å². The van der Waals surface area contributed by atoms with Crippen molar-refractivity contribution < 1.29 is 4.79 Å². The third-order valence-electron chi connectivity index (χ3n) is 3.73. The van der Waals surface area contributed by atoms with Gasteiger partial charge in [-0.25, -0.2) is 4.98 Å². The summed E-state index contributed by atoms with van der Waals surface area (Å²) in [5.41, 5.74) is 4.78. The second-order valence-corrected chi connectivity index (χ2v) is 5.49. The van der Waals surface area contributed by atoms with Gasteiger partial charge in [-0.15, -0.1) is 0 Å². The van der Waals surface area contributed by atoms with Gasteiger partial charge >= 0.3 is 0 Å². The molecular weight excluding hydrogens is 276 g/mol. The fraction of sp³-hybridized carbons (Fsp3) is 0.235. The zero-order valence-corrected chi connectivity index (χ0v) is 13.1. The minimum Gasteiger partial charge on any atom is -0.322 e. The van der Waals surface area contributed by atoms with Crippen LogP contribution < -0.4 is 5.32 Å². The van der Waals surface area contributed by atoms with E-state index in [1.54, 1.807) is 4.68 Å². The molecule has 0 unspecified atom stereocenters. The van der Waals surface area contributed by atoms with Crippen molar-refractivity contribution in [3.05, 3.63) is 52.8 Å². The van der Waals surface area contributed by atoms with Gasteiger partial charge in [-0.05, 0) is 38.5 Å². The van der Waals surface area contributed by atoms with Gasteiger partial charge in [-0.2, -0.15) is 5.10 Å². The second-order valence-electron chi connectivity index (χ2n) is 5.49. The molecular formula is C17H18N4O. The Bertz CT molecular complexity index is 880. The predicted octanol–water partition coefficient (Wildman–Crippen LogP) is 3.15. The molecule has 0 saturated carbocycles. The Balaban J connectivity index is 2.10. The average molecular weight is 294 g/mol. The standard InChI is InChI=1S/C17H18N4O/c1-10-7-5-6-8-14(10)19-17(22)13-9-11(2)18-16-15(13)12(3)20-21(16)4/h5-9H,1-4H3,(H,19,22). The van der Waals surface area contributed by atoms with E-state index in [1.807, 2.05) is 58.2 Å². The van der Waals surface area contributed by atoms with E-state index in [0.717, 1.165) is 33.7 Å². The summed E-state index contributed by atoms with van der Waals surface area (Å²) in [4.78, 5) is 17.2. The van der Waals surface area contributed by atoms with Crippen molar-refractivity contribution in [2.75, 3.05) is 5.32 Å². The first-order valence-corrected chi connectivity index (χ1v) is 7.15. The highest BCUT2D eigenvalue weighted by atomic mass is 16.1. The minimum absolute atomic E-state index is 0.138. The van der Waals surface area contributed by atoms with Crippen LogP contribution in [0.2, 0.25) is 0 Å². The molecule has 5 heteroatoms. The van der Waals surface area contributed by atoms with Crippen molar-refractivity contribution in [3.63, 3.8) is 0 Å². The number of nitrogens with one attached hydrogen (secondary N) is 1. The first-order chi connectivity index (χ1) is 10.5. The van der Waals surface area contributed by atoms with Crippen molar-refractivity contribution in [1.82, 2.24) is 14.8 Å². The highest BCUT2D eigenvalue weighted by Gasteiger charge is 2.18. The molecule has 1 N–H and O–H groups in total. The lowest BCUT2D eigenvalue weighted by Gasteiger charge is -2.09. The van der Waals surface area contributed by atoms with Crippen LogP contribution in [0, 0.1) is 20.8 Å². The quantitative estimate of drug-likeness (QED) is 0.790. The Labute approximate surface area is 129 Å². The summed E-state index contributed by atoms with van der Waals surface area (Å²) in [5, 5.41) is 8.16. The number of rotatable bonds is 2. The fourth-order valence-corrected chi connectivity index (χ4v) is 2.65. The summed E-state index contributed by atoms with van der Waals surface area (Å²) >= 11 is 0. The molecule has 22 heavy (non-hydrogen) atoms. The molecule has 0 aliphatic heterocycles. The molecule has 0 bridgehead atoms. The minimum atomic E-state index is -0.138. The molecule has 0 aliphatic carbocycles. The van der Waals surface area contributed by atoms with Crippen LogP contribution in [-0.4, -0.2) is 20.7 Å². The second kappa shape index (κ2) is 5.26. The van der Waals surface area contributed by atoms with Crippen molar-refractivity contribution in [1.29, 1.82) is 0 Å². The number of aromatic nitrogens is 3. The molecule has 2 aromatic heterocycles. The first kappa shape index (κ1) is 14.3. The molecule has 0 atom stereocenters. The summed E-state index contributed by atoms with van der Waals surface area (Å²) in [6.45, 7) is 5.74. The molecule has 2 heterocycles. The van der Waals surface area contributed by atoms with Gasteiger partial charge in [0.05, 0.1) is 16.6 Å². The molecule has 1 aromatic carbocycles. The maximum Gasteiger partial charge on any atom is 0.256 e. The number of pyridine rings is 1. The Hall–Kier alpha value is -2.69. The predicted molar refractivity (Wildman–Crippen MR) is 87.1 cm³/mol. The number of para-hydroxylation sites is 1. The Morgan fingerprint density at radius 3 is 2.64 bits per heavy atom. The van der Waals surface area contributed by atoms with Crippen molar-refractivity contribution in [2.24, 2.45) is 7.05 Å². The average Bonchev–Trinajstić information content (AvgIpc) is 2.75. The van der Waals surface area contributed by atoms with E-state index in [4.69, 9.17) is 0 Å². The SMILES string of the molecule is Cc1cc(C(=O)Nc2ccccc2C)c2c(C)nn(C)c2n1. The van der Waals surface area contributed by atoms with Gasteiger partial charge in [0, 0.05) is 18.4 Å². The number of nitrogens with zero attached hydrogens (tertiary/aromatic N) is 3. The summed E-state index contributed by atoms with van der Waals surface area (Å²) in [7, 11) is 1.84. The van der Waals surface area contributed by atoms with Gasteiger partial charge < -0.3 is 5.32 Å². The molecule has 0 fully saturated rings. The number of fused-ring (bicyclic) bond motifs is 1. The maximum atomic E-state index is 12.7. The number of benzene rings is 1. The zero-order chi connectivity index (χ0) is 15.9. The number of carbonyl (C=O) groups is 1. The highest BCUT2D eigenvalue weighted by Crippen LogP contribution is 2.23. The lowest BCUT2D eigenvalue weighted by molar-refractivity contribution is 0.102. The monoisotopic (exact) mass is 294 g/mol. The normalized spacial score (nSPS) is 10.9. The van der Waals surface area contributed by atoms with Gasteiger partial charge in [-0.1, -0.05) is 18.2 Å². The van der Waals surface area contributed by atoms with Crippen LogP contribution in [0.5, 0.6) is 0 Å². The van der Waals surface area contributed by atoms with Crippen molar-refractivity contribution in [2.45, 2.75) is 20.8 Å². The molecule has 112 valence electrons. The summed E-state index contributed by atoms with van der Waals surface area (Å²) in [6.07, 6.45) is 0. The number of carbonyl (C=O) groups excluding carboxylic acids is 1. The number of amides is 1. The fourth-order valence-electron chi connectivity index (χ4n) is 2.65. The first-order valence-electron chi connectivity index (χ1n) is 7.15. The van der Waals surface area contributed by atoms with Gasteiger partial charge in [0.15, 0.2) is 5.65 Å². The molecule has 5 nitrogen and oxygen atoms in total. The molecule has 3 rings (SSSR count). The zero-order valence-electron chi connectivity index (χ0n) is 13.1. The van der Waals surface area contributed by atoms with E-state index in [0.29, 0.717) is 5.56 Å². The largest absolute Gasteiger partial charge is 0.322 e. The lowest BCUT2D eigenvalue weighted by Crippen LogP contribution is -2.14. The van der Waals surface area contributed by atoms with Gasteiger partial charge in [-0.3, -0.25) is 9.48 Å². The van der Waals surface area contributed by atoms with Crippen molar-refractivity contribution in [3.8, 4) is 0 Å². The Morgan fingerprint density at radius 2 is 1.91 bits per heavy atom. The summed E-state index contributed by atoms with van der Waals surface area (Å²) < 4.78 is 1.71. The molecule has 0 spiro atoms. The summed E-state index contributed by atoms with van der Waals surface area (Å²) in [6, 6.07) is 9.54. The Morgan fingerprint density at radius 1 is 1.18 bits per heavy atom. The molecule has 1 amide bonds. The molecule has 3 aromatic rings. The van der Waals surface area contributed by atoms with Crippen LogP contribution >= 0.6 is 0 Å². The van der Waals surface area contributed by atoms with Crippen LogP contribution in [-0.2, 0) is 7.05 Å².